The van der Waals surface area contributed by atoms with E-state index in [-0.39, 0.29) is 17.1 Å². The van der Waals surface area contributed by atoms with Crippen molar-refractivity contribution in [2.45, 2.75) is 12.6 Å². The van der Waals surface area contributed by atoms with Crippen LogP contribution < -0.4 is 0 Å². The summed E-state index contributed by atoms with van der Waals surface area (Å²) in [6.45, 7) is 0. The van der Waals surface area contributed by atoms with Crippen molar-refractivity contribution in [2.75, 3.05) is 0 Å². The molecule has 0 unspecified atom stereocenters. The average Bonchev–Trinajstić information content (AvgIpc) is 2.87. The molecule has 0 fully saturated rings. The number of hydrogen-bond donors (Lipinski definition) is 0. The molecular formula is C16H9ClF3N3. The number of nitrogens with zero attached hydrogens (tertiary/aromatic N) is 3. The molecule has 0 saturated heterocycles. The van der Waals surface area contributed by atoms with Crippen LogP contribution in [0.1, 0.15) is 11.3 Å². The van der Waals surface area contributed by atoms with Crippen molar-refractivity contribution in [3.05, 3.63) is 58.9 Å². The molecule has 116 valence electrons. The van der Waals surface area contributed by atoms with Crippen molar-refractivity contribution in [1.82, 2.24) is 9.38 Å². The van der Waals surface area contributed by atoms with Crippen molar-refractivity contribution in [3.63, 3.8) is 0 Å². The lowest BCUT2D eigenvalue weighted by atomic mass is 10.1. The fraction of sp³-hybridized carbons (Fsp3) is 0.125. The van der Waals surface area contributed by atoms with E-state index in [2.05, 4.69) is 4.98 Å². The molecule has 3 aromatic rings. The molecule has 2 heterocycles. The number of benzene rings is 1. The maximum Gasteiger partial charge on any atom is 0.417 e. The fourth-order valence-electron chi connectivity index (χ4n) is 2.38. The van der Waals surface area contributed by atoms with E-state index < -0.39 is 11.7 Å². The summed E-state index contributed by atoms with van der Waals surface area (Å²) in [5.74, 6) is 0. The van der Waals surface area contributed by atoms with Gasteiger partial charge in [0.05, 0.1) is 34.5 Å². The van der Waals surface area contributed by atoms with E-state index in [9.17, 15) is 13.2 Å². The highest BCUT2D eigenvalue weighted by atomic mass is 35.5. The van der Waals surface area contributed by atoms with Crippen LogP contribution >= 0.6 is 11.6 Å². The summed E-state index contributed by atoms with van der Waals surface area (Å²) in [7, 11) is 0. The molecule has 0 N–H and O–H groups in total. The Balaban J connectivity index is 2.33. The summed E-state index contributed by atoms with van der Waals surface area (Å²) in [4.78, 5) is 4.34. The van der Waals surface area contributed by atoms with Gasteiger partial charge in [0.2, 0.25) is 0 Å². The van der Waals surface area contributed by atoms with E-state index in [1.54, 1.807) is 24.3 Å². The van der Waals surface area contributed by atoms with E-state index in [1.807, 2.05) is 12.1 Å². The molecule has 2 aromatic heterocycles. The van der Waals surface area contributed by atoms with Gasteiger partial charge < -0.3 is 4.40 Å². The van der Waals surface area contributed by atoms with Gasteiger partial charge in [-0.25, -0.2) is 4.98 Å². The second-order valence-electron chi connectivity index (χ2n) is 4.88. The number of pyridine rings is 1. The molecule has 0 saturated carbocycles. The van der Waals surface area contributed by atoms with Crippen molar-refractivity contribution >= 4 is 17.2 Å². The van der Waals surface area contributed by atoms with Gasteiger partial charge in [0, 0.05) is 11.8 Å². The van der Waals surface area contributed by atoms with Gasteiger partial charge in [0.25, 0.3) is 0 Å². The Kier molecular flexibility index (Phi) is 3.74. The normalized spacial score (nSPS) is 11.6. The molecule has 3 rings (SSSR count). The Morgan fingerprint density at radius 2 is 1.91 bits per heavy atom. The number of nitriles is 1. The minimum absolute atomic E-state index is 0.0803. The van der Waals surface area contributed by atoms with Crippen LogP contribution in [-0.4, -0.2) is 9.38 Å². The molecule has 0 aliphatic carbocycles. The minimum Gasteiger partial charge on any atom is -0.301 e. The number of halogens is 4. The van der Waals surface area contributed by atoms with Gasteiger partial charge in [-0.1, -0.05) is 41.9 Å². The first-order valence-electron chi connectivity index (χ1n) is 6.62. The number of rotatable bonds is 2. The van der Waals surface area contributed by atoms with Crippen LogP contribution in [0.3, 0.4) is 0 Å². The van der Waals surface area contributed by atoms with Crippen LogP contribution in [0.5, 0.6) is 0 Å². The first-order chi connectivity index (χ1) is 10.9. The average molecular weight is 336 g/mol. The molecule has 0 radical (unpaired) electrons. The Labute approximate surface area is 134 Å². The fourth-order valence-corrected chi connectivity index (χ4v) is 2.63. The Bertz CT molecular complexity index is 908. The molecule has 0 aliphatic rings. The first kappa shape index (κ1) is 15.4. The van der Waals surface area contributed by atoms with E-state index in [4.69, 9.17) is 16.9 Å². The SMILES string of the molecule is N#CCc1c(-c2ccccc2)nc2c(Cl)cc(C(F)(F)F)cn12. The summed E-state index contributed by atoms with van der Waals surface area (Å²) in [5, 5.41) is 8.91. The summed E-state index contributed by atoms with van der Waals surface area (Å²) in [6, 6.07) is 11.8. The number of aromatic nitrogens is 2. The summed E-state index contributed by atoms with van der Waals surface area (Å²) >= 11 is 5.97. The lowest BCUT2D eigenvalue weighted by molar-refractivity contribution is -0.137. The van der Waals surface area contributed by atoms with Crippen molar-refractivity contribution in [1.29, 1.82) is 5.26 Å². The maximum atomic E-state index is 13.0. The third kappa shape index (κ3) is 2.76. The van der Waals surface area contributed by atoms with Gasteiger partial charge in [0.1, 0.15) is 0 Å². The molecule has 0 atom stereocenters. The van der Waals surface area contributed by atoms with Gasteiger partial charge in [0.15, 0.2) is 5.65 Å². The second-order valence-corrected chi connectivity index (χ2v) is 5.28. The zero-order chi connectivity index (χ0) is 16.6. The Morgan fingerprint density at radius 3 is 2.52 bits per heavy atom. The van der Waals surface area contributed by atoms with Crippen LogP contribution in [0.4, 0.5) is 13.2 Å². The van der Waals surface area contributed by atoms with E-state index in [0.29, 0.717) is 17.0 Å². The zero-order valence-electron chi connectivity index (χ0n) is 11.6. The maximum absolute atomic E-state index is 13.0. The first-order valence-corrected chi connectivity index (χ1v) is 6.99. The van der Waals surface area contributed by atoms with Crippen LogP contribution in [-0.2, 0) is 12.6 Å². The van der Waals surface area contributed by atoms with Crippen LogP contribution in [0.15, 0.2) is 42.6 Å². The third-order valence-electron chi connectivity index (χ3n) is 3.40. The van der Waals surface area contributed by atoms with E-state index in [1.165, 1.54) is 4.40 Å². The monoisotopic (exact) mass is 335 g/mol. The summed E-state index contributed by atoms with van der Waals surface area (Å²) in [5.41, 5.74) is 0.858. The minimum atomic E-state index is -4.53. The summed E-state index contributed by atoms with van der Waals surface area (Å²) < 4.78 is 40.2. The molecule has 1 aromatic carbocycles. The number of alkyl halides is 3. The Hall–Kier alpha value is -2.52. The molecule has 3 nitrogen and oxygen atoms in total. The topological polar surface area (TPSA) is 41.1 Å². The molecule has 0 bridgehead atoms. The molecule has 0 aliphatic heterocycles. The quantitative estimate of drug-likeness (QED) is 0.678. The molecular weight excluding hydrogens is 327 g/mol. The van der Waals surface area contributed by atoms with Crippen molar-refractivity contribution in [2.24, 2.45) is 0 Å². The highest BCUT2D eigenvalue weighted by Crippen LogP contribution is 2.34. The summed E-state index contributed by atoms with van der Waals surface area (Å²) in [6.07, 6.45) is -3.69. The highest BCUT2D eigenvalue weighted by molar-refractivity contribution is 6.33. The molecule has 0 amide bonds. The van der Waals surface area contributed by atoms with Crippen molar-refractivity contribution < 1.29 is 13.2 Å². The van der Waals surface area contributed by atoms with Gasteiger partial charge >= 0.3 is 6.18 Å². The van der Waals surface area contributed by atoms with E-state index in [0.717, 1.165) is 12.3 Å². The zero-order valence-corrected chi connectivity index (χ0v) is 12.4. The van der Waals surface area contributed by atoms with Crippen LogP contribution in [0.25, 0.3) is 16.9 Å². The number of hydrogen-bond acceptors (Lipinski definition) is 2. The van der Waals surface area contributed by atoms with Crippen LogP contribution in [0, 0.1) is 11.3 Å². The standard InChI is InChI=1S/C16H9ClF3N3/c17-12-8-11(16(18,19)20)9-23-13(6-7-21)14(22-15(12)23)10-4-2-1-3-5-10/h1-5,8-9H,6H2. The van der Waals surface area contributed by atoms with Gasteiger partial charge in [-0.15, -0.1) is 0 Å². The lowest BCUT2D eigenvalue weighted by Gasteiger charge is -2.09. The van der Waals surface area contributed by atoms with Crippen LogP contribution in [0.2, 0.25) is 5.02 Å². The van der Waals surface area contributed by atoms with Gasteiger partial charge in [-0.05, 0) is 6.07 Å². The third-order valence-corrected chi connectivity index (χ3v) is 3.67. The predicted octanol–water partition coefficient (Wildman–Crippen LogP) is 4.74. The second kappa shape index (κ2) is 5.60. The number of fused-ring (bicyclic) bond motifs is 1. The lowest BCUT2D eigenvalue weighted by Crippen LogP contribution is -2.07. The molecule has 23 heavy (non-hydrogen) atoms. The highest BCUT2D eigenvalue weighted by Gasteiger charge is 2.32. The molecule has 0 spiro atoms. The molecule has 7 heteroatoms. The predicted molar refractivity (Wildman–Crippen MR) is 80.0 cm³/mol. The smallest absolute Gasteiger partial charge is 0.301 e. The van der Waals surface area contributed by atoms with Gasteiger partial charge in [-0.3, -0.25) is 0 Å². The van der Waals surface area contributed by atoms with Gasteiger partial charge in [-0.2, -0.15) is 18.4 Å². The van der Waals surface area contributed by atoms with Crippen molar-refractivity contribution in [3.8, 4) is 17.3 Å². The largest absolute Gasteiger partial charge is 0.417 e. The Morgan fingerprint density at radius 1 is 1.22 bits per heavy atom. The van der Waals surface area contributed by atoms with E-state index >= 15 is 0 Å². The number of imidazole rings is 1.